The third-order valence-corrected chi connectivity index (χ3v) is 6.33. The van der Waals surface area contributed by atoms with Gasteiger partial charge in [0.15, 0.2) is 0 Å². The Bertz CT molecular complexity index is 1050. The zero-order valence-electron chi connectivity index (χ0n) is 18.2. The monoisotopic (exact) mass is 454 g/mol. The van der Waals surface area contributed by atoms with Gasteiger partial charge in [-0.25, -0.2) is 9.59 Å². The molecule has 1 fully saturated rings. The summed E-state index contributed by atoms with van der Waals surface area (Å²) in [7, 11) is 1.34. The molecule has 2 aromatic carbocycles. The first-order valence-electron chi connectivity index (χ1n) is 10.6. The van der Waals surface area contributed by atoms with Gasteiger partial charge in [-0.3, -0.25) is 4.90 Å². The molecule has 7 nitrogen and oxygen atoms in total. The number of para-hydroxylation sites is 1. The summed E-state index contributed by atoms with van der Waals surface area (Å²) < 4.78 is 5.07. The van der Waals surface area contributed by atoms with Crippen LogP contribution in [0.25, 0.3) is 0 Å². The van der Waals surface area contributed by atoms with Gasteiger partial charge in [-0.05, 0) is 30.2 Å². The third kappa shape index (κ3) is 4.59. The Balaban J connectivity index is 1.56. The predicted molar refractivity (Wildman–Crippen MR) is 125 cm³/mol. The summed E-state index contributed by atoms with van der Waals surface area (Å²) in [5.41, 5.74) is 4.09. The van der Waals surface area contributed by atoms with E-state index in [4.69, 9.17) is 16.3 Å². The fraction of sp³-hybridized carbons (Fsp3) is 0.333. The number of methoxy groups -OCH3 is 1. The van der Waals surface area contributed by atoms with Crippen LogP contribution in [0, 0.1) is 6.92 Å². The van der Waals surface area contributed by atoms with Gasteiger partial charge in [-0.2, -0.15) is 0 Å². The lowest BCUT2D eigenvalue weighted by Crippen LogP contribution is -2.52. The number of benzene rings is 2. The Morgan fingerprint density at radius 1 is 1.09 bits per heavy atom. The lowest BCUT2D eigenvalue weighted by molar-refractivity contribution is -0.136. The number of carbonyl (C=O) groups is 2. The van der Waals surface area contributed by atoms with E-state index in [9.17, 15) is 9.59 Å². The van der Waals surface area contributed by atoms with E-state index >= 15 is 0 Å². The number of urea groups is 1. The van der Waals surface area contributed by atoms with Gasteiger partial charge in [0.25, 0.3) is 0 Å². The molecule has 0 aromatic heterocycles. The van der Waals surface area contributed by atoms with E-state index in [1.165, 1.54) is 18.4 Å². The lowest BCUT2D eigenvalue weighted by atomic mass is 9.95. The van der Waals surface area contributed by atoms with Crippen molar-refractivity contribution < 1.29 is 14.3 Å². The highest BCUT2D eigenvalue weighted by Crippen LogP contribution is 2.32. The number of anilines is 1. The molecule has 4 rings (SSSR count). The lowest BCUT2D eigenvalue weighted by Gasteiger charge is -2.38. The number of halogens is 1. The molecule has 168 valence electrons. The SMILES string of the molecule is COC(=O)C1=C(CN2CCN(c3ccccc3C)CC2)NC(=O)NC1c1ccccc1Cl. The normalized spacial score (nSPS) is 19.4. The van der Waals surface area contributed by atoms with Crippen LogP contribution in [0.5, 0.6) is 0 Å². The molecule has 2 aromatic rings. The summed E-state index contributed by atoms with van der Waals surface area (Å²) in [6.07, 6.45) is 0. The van der Waals surface area contributed by atoms with Crippen molar-refractivity contribution in [3.63, 3.8) is 0 Å². The van der Waals surface area contributed by atoms with Crippen LogP contribution in [0.2, 0.25) is 5.02 Å². The van der Waals surface area contributed by atoms with Gasteiger partial charge in [0.05, 0.1) is 18.7 Å². The number of piperazine rings is 1. The van der Waals surface area contributed by atoms with E-state index in [1.807, 2.05) is 18.2 Å². The number of carbonyl (C=O) groups excluding carboxylic acids is 2. The molecule has 0 spiro atoms. The van der Waals surface area contributed by atoms with Crippen molar-refractivity contribution in [1.29, 1.82) is 0 Å². The van der Waals surface area contributed by atoms with Crippen molar-refractivity contribution in [3.05, 3.63) is 76.0 Å². The van der Waals surface area contributed by atoms with Gasteiger partial charge in [0.1, 0.15) is 0 Å². The fourth-order valence-corrected chi connectivity index (χ4v) is 4.57. The summed E-state index contributed by atoms with van der Waals surface area (Å²) in [6, 6.07) is 14.5. The maximum atomic E-state index is 12.8. The highest BCUT2D eigenvalue weighted by molar-refractivity contribution is 6.31. The summed E-state index contributed by atoms with van der Waals surface area (Å²) in [5, 5.41) is 6.13. The van der Waals surface area contributed by atoms with Crippen molar-refractivity contribution >= 4 is 29.3 Å². The molecule has 1 unspecified atom stereocenters. The topological polar surface area (TPSA) is 73.9 Å². The zero-order chi connectivity index (χ0) is 22.7. The highest BCUT2D eigenvalue weighted by Gasteiger charge is 2.35. The minimum Gasteiger partial charge on any atom is -0.466 e. The van der Waals surface area contributed by atoms with Crippen LogP contribution >= 0.6 is 11.6 Å². The van der Waals surface area contributed by atoms with Crippen LogP contribution < -0.4 is 15.5 Å². The molecule has 2 heterocycles. The fourth-order valence-electron chi connectivity index (χ4n) is 4.32. The first-order valence-corrected chi connectivity index (χ1v) is 11.0. The van der Waals surface area contributed by atoms with E-state index in [1.54, 1.807) is 12.1 Å². The Hall–Kier alpha value is -3.03. The van der Waals surface area contributed by atoms with Gasteiger partial charge in [0, 0.05) is 49.1 Å². The van der Waals surface area contributed by atoms with Gasteiger partial charge in [-0.15, -0.1) is 0 Å². The van der Waals surface area contributed by atoms with Crippen molar-refractivity contribution in [1.82, 2.24) is 15.5 Å². The molecule has 0 aliphatic carbocycles. The van der Waals surface area contributed by atoms with Crippen LogP contribution in [0.3, 0.4) is 0 Å². The first-order chi connectivity index (χ1) is 15.5. The van der Waals surface area contributed by atoms with Gasteiger partial charge < -0.3 is 20.3 Å². The number of rotatable bonds is 5. The standard InChI is InChI=1S/C24H27ClN4O3/c1-16-7-3-6-10-20(16)29-13-11-28(12-14-29)15-19-21(23(30)32-2)22(27-24(31)26-19)17-8-4-5-9-18(17)25/h3-10,22H,11-15H2,1-2H3,(H2,26,27,31). The molecule has 2 aliphatic heterocycles. The molecule has 2 amide bonds. The molecule has 2 aliphatic rings. The summed E-state index contributed by atoms with van der Waals surface area (Å²) in [4.78, 5) is 29.8. The Labute approximate surface area is 193 Å². The molecular formula is C24H27ClN4O3. The zero-order valence-corrected chi connectivity index (χ0v) is 19.0. The van der Waals surface area contributed by atoms with Crippen LogP contribution in [0.1, 0.15) is 17.2 Å². The molecule has 0 radical (unpaired) electrons. The number of nitrogens with zero attached hydrogens (tertiary/aromatic N) is 2. The second-order valence-corrected chi connectivity index (χ2v) is 8.39. The molecular weight excluding hydrogens is 428 g/mol. The maximum Gasteiger partial charge on any atom is 0.338 e. The number of hydrogen-bond acceptors (Lipinski definition) is 5. The summed E-state index contributed by atoms with van der Waals surface area (Å²) >= 11 is 6.38. The summed E-state index contributed by atoms with van der Waals surface area (Å²) in [5.74, 6) is -0.490. The van der Waals surface area contributed by atoms with Crippen molar-refractivity contribution in [2.24, 2.45) is 0 Å². The summed E-state index contributed by atoms with van der Waals surface area (Å²) in [6.45, 7) is 5.92. The highest BCUT2D eigenvalue weighted by atomic mass is 35.5. The van der Waals surface area contributed by atoms with Gasteiger partial charge in [0.2, 0.25) is 0 Å². The molecule has 32 heavy (non-hydrogen) atoms. The van der Waals surface area contributed by atoms with Gasteiger partial charge >= 0.3 is 12.0 Å². The Morgan fingerprint density at radius 2 is 1.78 bits per heavy atom. The Morgan fingerprint density at radius 3 is 2.47 bits per heavy atom. The van der Waals surface area contributed by atoms with Gasteiger partial charge in [-0.1, -0.05) is 48.0 Å². The second kappa shape index (κ2) is 9.63. The number of aryl methyl sites for hydroxylation is 1. The van der Waals surface area contributed by atoms with E-state index in [-0.39, 0.29) is 6.03 Å². The smallest absolute Gasteiger partial charge is 0.338 e. The number of nitrogens with one attached hydrogen (secondary N) is 2. The number of esters is 1. The van der Waals surface area contributed by atoms with E-state index in [0.29, 0.717) is 28.4 Å². The molecule has 1 atom stereocenters. The van der Waals surface area contributed by atoms with Crippen molar-refractivity contribution in [2.75, 3.05) is 44.7 Å². The van der Waals surface area contributed by atoms with E-state index in [2.05, 4.69) is 45.6 Å². The number of ether oxygens (including phenoxy) is 1. The molecule has 0 saturated carbocycles. The maximum absolute atomic E-state index is 12.8. The average Bonchev–Trinajstić information content (AvgIpc) is 2.79. The third-order valence-electron chi connectivity index (χ3n) is 5.99. The van der Waals surface area contributed by atoms with Crippen LogP contribution in [0.4, 0.5) is 10.5 Å². The van der Waals surface area contributed by atoms with Crippen molar-refractivity contribution in [3.8, 4) is 0 Å². The second-order valence-electron chi connectivity index (χ2n) is 7.99. The molecule has 2 N–H and O–H groups in total. The van der Waals surface area contributed by atoms with Crippen LogP contribution in [0.15, 0.2) is 59.8 Å². The average molecular weight is 455 g/mol. The first kappa shape index (κ1) is 22.2. The van der Waals surface area contributed by atoms with E-state index < -0.39 is 12.0 Å². The van der Waals surface area contributed by atoms with Crippen molar-refractivity contribution in [2.45, 2.75) is 13.0 Å². The van der Waals surface area contributed by atoms with Crippen LogP contribution in [-0.2, 0) is 9.53 Å². The Kier molecular flexibility index (Phi) is 6.67. The van der Waals surface area contributed by atoms with Crippen LogP contribution in [-0.4, -0.2) is 56.7 Å². The molecule has 1 saturated heterocycles. The predicted octanol–water partition coefficient (Wildman–Crippen LogP) is 3.25. The molecule has 8 heteroatoms. The largest absolute Gasteiger partial charge is 0.466 e. The number of hydrogen-bond donors (Lipinski definition) is 2. The minimum atomic E-state index is -0.673. The molecule has 0 bridgehead atoms. The number of amides is 2. The quantitative estimate of drug-likeness (QED) is 0.678. The minimum absolute atomic E-state index is 0.365. The van der Waals surface area contributed by atoms with E-state index in [0.717, 1.165) is 26.2 Å².